The molecule has 0 heterocycles. The molecular weight excluding hydrogens is 220 g/mol. The van der Waals surface area contributed by atoms with Crippen LogP contribution in [0.25, 0.3) is 5.57 Å². The van der Waals surface area contributed by atoms with Crippen LogP contribution < -0.4 is 0 Å². The second kappa shape index (κ2) is 6.75. The van der Waals surface area contributed by atoms with E-state index in [1.54, 1.807) is 0 Å². The lowest BCUT2D eigenvalue weighted by molar-refractivity contribution is 0.134. The average molecular weight is 244 g/mol. The van der Waals surface area contributed by atoms with Gasteiger partial charge in [0, 0.05) is 6.61 Å². The molecule has 2 rings (SSSR count). The van der Waals surface area contributed by atoms with Crippen molar-refractivity contribution < 1.29 is 4.74 Å². The molecule has 0 aliphatic heterocycles. The molecule has 1 aromatic carbocycles. The van der Waals surface area contributed by atoms with Crippen LogP contribution in [0.2, 0.25) is 0 Å². The topological polar surface area (TPSA) is 9.23 Å². The van der Waals surface area contributed by atoms with Crippen LogP contribution in [0.5, 0.6) is 0 Å². The van der Waals surface area contributed by atoms with Crippen molar-refractivity contribution in [1.82, 2.24) is 0 Å². The highest BCUT2D eigenvalue weighted by atomic mass is 16.5. The highest BCUT2D eigenvalue weighted by Gasteiger charge is 2.17. The molecule has 0 bridgehead atoms. The van der Waals surface area contributed by atoms with Crippen molar-refractivity contribution in [3.05, 3.63) is 42.0 Å². The molecule has 0 atom stereocenters. The van der Waals surface area contributed by atoms with Crippen molar-refractivity contribution in [2.24, 2.45) is 5.92 Å². The van der Waals surface area contributed by atoms with Gasteiger partial charge in [0.25, 0.3) is 0 Å². The molecule has 0 saturated heterocycles. The van der Waals surface area contributed by atoms with Gasteiger partial charge in [0.1, 0.15) is 0 Å². The van der Waals surface area contributed by atoms with E-state index in [9.17, 15) is 0 Å². The van der Waals surface area contributed by atoms with Crippen molar-refractivity contribution in [3.63, 3.8) is 0 Å². The third-order valence-corrected chi connectivity index (χ3v) is 3.90. The maximum atomic E-state index is 5.41. The second-order valence-electron chi connectivity index (χ2n) is 5.19. The number of hydrogen-bond donors (Lipinski definition) is 0. The quantitative estimate of drug-likeness (QED) is 0.721. The van der Waals surface area contributed by atoms with Crippen LogP contribution in [-0.2, 0) is 11.3 Å². The fraction of sp³-hybridized carbons (Fsp3) is 0.529. The van der Waals surface area contributed by atoms with Crippen LogP contribution in [0, 0.1) is 5.92 Å². The summed E-state index contributed by atoms with van der Waals surface area (Å²) >= 11 is 0. The van der Waals surface area contributed by atoms with Crippen LogP contribution >= 0.6 is 0 Å². The Morgan fingerprint density at radius 2 is 1.83 bits per heavy atom. The minimum absolute atomic E-state index is 0.705. The van der Waals surface area contributed by atoms with Crippen molar-refractivity contribution >= 4 is 5.57 Å². The summed E-state index contributed by atoms with van der Waals surface area (Å²) in [5.41, 5.74) is 3.89. The van der Waals surface area contributed by atoms with Gasteiger partial charge in [-0.1, -0.05) is 50.1 Å². The van der Waals surface area contributed by atoms with Gasteiger partial charge in [0.2, 0.25) is 0 Å². The van der Waals surface area contributed by atoms with E-state index in [0.717, 1.165) is 6.61 Å². The Labute approximate surface area is 111 Å². The largest absolute Gasteiger partial charge is 0.377 e. The summed E-state index contributed by atoms with van der Waals surface area (Å²) in [6, 6.07) is 8.73. The molecule has 18 heavy (non-hydrogen) atoms. The molecule has 0 radical (unpaired) electrons. The molecule has 1 aliphatic rings. The first-order valence-electron chi connectivity index (χ1n) is 7.17. The lowest BCUT2D eigenvalue weighted by atomic mass is 9.82. The standard InChI is InChI=1S/C17H24O/c1-3-18-13-15-9-11-17(12-10-15)14(2)16-7-5-4-6-8-16/h9-12,16H,2-8,13H2,1H3. The minimum Gasteiger partial charge on any atom is -0.377 e. The van der Waals surface area contributed by atoms with Crippen molar-refractivity contribution in [2.75, 3.05) is 6.61 Å². The molecule has 1 aromatic rings. The van der Waals surface area contributed by atoms with E-state index in [0.29, 0.717) is 12.5 Å². The molecule has 0 spiro atoms. The number of ether oxygens (including phenoxy) is 1. The zero-order valence-corrected chi connectivity index (χ0v) is 11.5. The van der Waals surface area contributed by atoms with Crippen LogP contribution in [0.15, 0.2) is 30.8 Å². The molecule has 1 aliphatic carbocycles. The summed E-state index contributed by atoms with van der Waals surface area (Å²) in [6.45, 7) is 7.83. The van der Waals surface area contributed by atoms with E-state index in [2.05, 4.69) is 30.8 Å². The molecule has 0 N–H and O–H groups in total. The highest BCUT2D eigenvalue weighted by Crippen LogP contribution is 2.34. The Morgan fingerprint density at radius 3 is 2.44 bits per heavy atom. The third-order valence-electron chi connectivity index (χ3n) is 3.90. The van der Waals surface area contributed by atoms with Gasteiger partial charge in [-0.3, -0.25) is 0 Å². The molecule has 1 nitrogen and oxygen atoms in total. The molecule has 0 aromatic heterocycles. The van der Waals surface area contributed by atoms with Crippen molar-refractivity contribution in [2.45, 2.75) is 45.6 Å². The van der Waals surface area contributed by atoms with E-state index in [4.69, 9.17) is 4.74 Å². The smallest absolute Gasteiger partial charge is 0.0716 e. The summed E-state index contributed by atoms with van der Waals surface area (Å²) in [7, 11) is 0. The van der Waals surface area contributed by atoms with E-state index in [-0.39, 0.29) is 0 Å². The summed E-state index contributed by atoms with van der Waals surface area (Å²) in [5.74, 6) is 0.705. The predicted molar refractivity (Wildman–Crippen MR) is 77.4 cm³/mol. The fourth-order valence-corrected chi connectivity index (χ4v) is 2.72. The third kappa shape index (κ3) is 3.46. The van der Waals surface area contributed by atoms with Crippen molar-refractivity contribution in [3.8, 4) is 0 Å². The summed E-state index contributed by atoms with van der Waals surface area (Å²) < 4.78 is 5.41. The summed E-state index contributed by atoms with van der Waals surface area (Å²) in [4.78, 5) is 0. The lowest BCUT2D eigenvalue weighted by Crippen LogP contribution is -2.07. The first-order chi connectivity index (χ1) is 8.81. The molecule has 0 amide bonds. The normalized spacial score (nSPS) is 16.7. The van der Waals surface area contributed by atoms with Gasteiger partial charge in [-0.05, 0) is 42.4 Å². The van der Waals surface area contributed by atoms with E-state index < -0.39 is 0 Å². The molecule has 0 unspecified atom stereocenters. The number of rotatable bonds is 5. The minimum atomic E-state index is 0.705. The monoisotopic (exact) mass is 244 g/mol. The van der Waals surface area contributed by atoms with Gasteiger partial charge in [0.05, 0.1) is 6.61 Å². The van der Waals surface area contributed by atoms with E-state index in [1.807, 2.05) is 6.92 Å². The Balaban J connectivity index is 1.97. The van der Waals surface area contributed by atoms with E-state index in [1.165, 1.54) is 48.8 Å². The molecule has 1 saturated carbocycles. The zero-order chi connectivity index (χ0) is 12.8. The Hall–Kier alpha value is -1.08. The van der Waals surface area contributed by atoms with Gasteiger partial charge in [-0.15, -0.1) is 0 Å². The van der Waals surface area contributed by atoms with Gasteiger partial charge >= 0.3 is 0 Å². The van der Waals surface area contributed by atoms with E-state index >= 15 is 0 Å². The Morgan fingerprint density at radius 1 is 1.17 bits per heavy atom. The molecule has 1 heteroatoms. The fourth-order valence-electron chi connectivity index (χ4n) is 2.72. The molecular formula is C17H24O. The Bertz CT molecular complexity index is 371. The maximum Gasteiger partial charge on any atom is 0.0716 e. The van der Waals surface area contributed by atoms with Crippen molar-refractivity contribution in [1.29, 1.82) is 0 Å². The zero-order valence-electron chi connectivity index (χ0n) is 11.5. The van der Waals surface area contributed by atoms with Crippen LogP contribution in [0.3, 0.4) is 0 Å². The predicted octanol–water partition coefficient (Wildman–Crippen LogP) is 4.82. The first kappa shape index (κ1) is 13.4. The molecule has 98 valence electrons. The Kier molecular flexibility index (Phi) is 5.00. The maximum absolute atomic E-state index is 5.41. The van der Waals surface area contributed by atoms with Crippen LogP contribution in [0.4, 0.5) is 0 Å². The number of allylic oxidation sites excluding steroid dienone is 1. The first-order valence-corrected chi connectivity index (χ1v) is 7.17. The second-order valence-corrected chi connectivity index (χ2v) is 5.19. The highest BCUT2D eigenvalue weighted by molar-refractivity contribution is 5.65. The van der Waals surface area contributed by atoms with Gasteiger partial charge in [-0.25, -0.2) is 0 Å². The number of benzene rings is 1. The molecule has 1 fully saturated rings. The van der Waals surface area contributed by atoms with Gasteiger partial charge in [-0.2, -0.15) is 0 Å². The lowest BCUT2D eigenvalue weighted by Gasteiger charge is -2.24. The average Bonchev–Trinajstić information content (AvgIpc) is 2.46. The van der Waals surface area contributed by atoms with Gasteiger partial charge in [0.15, 0.2) is 0 Å². The summed E-state index contributed by atoms with van der Waals surface area (Å²) in [5, 5.41) is 0. The van der Waals surface area contributed by atoms with Gasteiger partial charge < -0.3 is 4.74 Å². The summed E-state index contributed by atoms with van der Waals surface area (Å²) in [6.07, 6.45) is 6.77. The van der Waals surface area contributed by atoms with Crippen LogP contribution in [0.1, 0.15) is 50.2 Å². The number of hydrogen-bond acceptors (Lipinski definition) is 1. The SMILES string of the molecule is C=C(c1ccc(COCC)cc1)C1CCCCC1. The van der Waals surface area contributed by atoms with Crippen LogP contribution in [-0.4, -0.2) is 6.61 Å².